The molecule has 1 heterocycles. The van der Waals surface area contributed by atoms with Crippen LogP contribution in [0.1, 0.15) is 24.4 Å². The Bertz CT molecular complexity index is 281. The van der Waals surface area contributed by atoms with Gasteiger partial charge in [-0.3, -0.25) is 0 Å². The fraction of sp³-hybridized carbons (Fsp3) is 0.444. The maximum absolute atomic E-state index is 5.98. The first-order valence-corrected chi connectivity index (χ1v) is 4.25. The van der Waals surface area contributed by atoms with Crippen LogP contribution >= 0.6 is 0 Å². The van der Waals surface area contributed by atoms with Crippen molar-refractivity contribution in [1.82, 2.24) is 4.98 Å². The van der Waals surface area contributed by atoms with Crippen molar-refractivity contribution < 1.29 is 0 Å². The van der Waals surface area contributed by atoms with E-state index in [0.29, 0.717) is 11.7 Å². The molecule has 1 aromatic rings. The van der Waals surface area contributed by atoms with Gasteiger partial charge in [0.2, 0.25) is 0 Å². The van der Waals surface area contributed by atoms with Crippen LogP contribution in [0.4, 0.5) is 5.82 Å². The summed E-state index contributed by atoms with van der Waals surface area (Å²) in [5, 5.41) is 0. The van der Waals surface area contributed by atoms with Crippen LogP contribution in [0.2, 0.25) is 0 Å². The average Bonchev–Trinajstić information content (AvgIpc) is 2.86. The van der Waals surface area contributed by atoms with Gasteiger partial charge in [0.05, 0.1) is 0 Å². The second kappa shape index (κ2) is 2.75. The first-order chi connectivity index (χ1) is 5.79. The van der Waals surface area contributed by atoms with Crippen LogP contribution < -0.4 is 11.5 Å². The minimum atomic E-state index is 0.0960. The van der Waals surface area contributed by atoms with Crippen molar-refractivity contribution in [3.05, 3.63) is 23.9 Å². The molecular weight excluding hydrogens is 150 g/mol. The zero-order chi connectivity index (χ0) is 8.55. The van der Waals surface area contributed by atoms with Crippen LogP contribution in [0, 0.1) is 5.92 Å². The minimum absolute atomic E-state index is 0.0960. The maximum Gasteiger partial charge on any atom is 0.128 e. The highest BCUT2D eigenvalue weighted by Crippen LogP contribution is 2.40. The normalized spacial score (nSPS) is 19.1. The second-order valence-corrected chi connectivity index (χ2v) is 3.34. The number of nitrogens with two attached hydrogens (primary N) is 2. The molecule has 1 aliphatic carbocycles. The molecular formula is C9H13N3. The van der Waals surface area contributed by atoms with Gasteiger partial charge in [-0.05, 0) is 24.8 Å². The van der Waals surface area contributed by atoms with E-state index >= 15 is 0 Å². The Labute approximate surface area is 71.8 Å². The third-order valence-corrected chi connectivity index (χ3v) is 2.36. The summed E-state index contributed by atoms with van der Waals surface area (Å²) in [6.07, 6.45) is 4.16. The van der Waals surface area contributed by atoms with Crippen molar-refractivity contribution in [3.8, 4) is 0 Å². The highest BCUT2D eigenvalue weighted by atomic mass is 14.8. The topological polar surface area (TPSA) is 64.9 Å². The van der Waals surface area contributed by atoms with Gasteiger partial charge in [0.25, 0.3) is 0 Å². The number of nitrogens with zero attached hydrogens (tertiary/aromatic N) is 1. The quantitative estimate of drug-likeness (QED) is 0.685. The van der Waals surface area contributed by atoms with E-state index in [2.05, 4.69) is 4.98 Å². The van der Waals surface area contributed by atoms with Gasteiger partial charge in [-0.25, -0.2) is 4.98 Å². The monoisotopic (exact) mass is 163 g/mol. The molecule has 1 saturated carbocycles. The summed E-state index contributed by atoms with van der Waals surface area (Å²) in [7, 11) is 0. The molecule has 4 N–H and O–H groups in total. The Morgan fingerprint density at radius 2 is 2.25 bits per heavy atom. The summed E-state index contributed by atoms with van der Waals surface area (Å²) in [6.45, 7) is 0. The number of rotatable bonds is 2. The first-order valence-electron chi connectivity index (χ1n) is 4.25. The van der Waals surface area contributed by atoms with Gasteiger partial charge in [0.15, 0.2) is 0 Å². The molecule has 3 nitrogen and oxygen atoms in total. The fourth-order valence-electron chi connectivity index (χ4n) is 1.42. The molecule has 0 radical (unpaired) electrons. The van der Waals surface area contributed by atoms with Gasteiger partial charge in [0, 0.05) is 17.8 Å². The molecule has 0 unspecified atom stereocenters. The summed E-state index contributed by atoms with van der Waals surface area (Å²) in [5.41, 5.74) is 12.7. The predicted octanol–water partition coefficient (Wildman–Crippen LogP) is 1.07. The van der Waals surface area contributed by atoms with E-state index in [0.717, 1.165) is 5.56 Å². The van der Waals surface area contributed by atoms with E-state index in [1.165, 1.54) is 12.8 Å². The van der Waals surface area contributed by atoms with Crippen LogP contribution in [-0.4, -0.2) is 4.98 Å². The Morgan fingerprint density at radius 3 is 2.83 bits per heavy atom. The highest BCUT2D eigenvalue weighted by Gasteiger charge is 2.30. The van der Waals surface area contributed by atoms with Gasteiger partial charge < -0.3 is 11.5 Å². The van der Waals surface area contributed by atoms with E-state index in [9.17, 15) is 0 Å². The fourth-order valence-corrected chi connectivity index (χ4v) is 1.42. The van der Waals surface area contributed by atoms with Crippen molar-refractivity contribution in [2.24, 2.45) is 11.7 Å². The third-order valence-electron chi connectivity index (χ3n) is 2.36. The van der Waals surface area contributed by atoms with Crippen LogP contribution in [0.5, 0.6) is 0 Å². The van der Waals surface area contributed by atoms with Crippen molar-refractivity contribution in [3.63, 3.8) is 0 Å². The maximum atomic E-state index is 5.98. The lowest BCUT2D eigenvalue weighted by molar-refractivity contribution is 0.633. The number of anilines is 1. The summed E-state index contributed by atoms with van der Waals surface area (Å²) < 4.78 is 0. The summed E-state index contributed by atoms with van der Waals surface area (Å²) in [5.74, 6) is 1.22. The number of hydrogen-bond donors (Lipinski definition) is 2. The van der Waals surface area contributed by atoms with Crippen LogP contribution in [-0.2, 0) is 0 Å². The number of nitrogen functional groups attached to an aromatic ring is 1. The van der Waals surface area contributed by atoms with E-state index < -0.39 is 0 Å². The predicted molar refractivity (Wildman–Crippen MR) is 48.3 cm³/mol. The standard InChI is InChI=1S/C9H13N3/c10-8(6-3-4-6)7-2-1-5-12-9(7)11/h1-2,5-6,8H,3-4,10H2,(H2,11,12)/t8-/m1/s1. The summed E-state index contributed by atoms with van der Waals surface area (Å²) >= 11 is 0. The molecule has 0 saturated heterocycles. The number of pyridine rings is 1. The molecule has 64 valence electrons. The Balaban J connectivity index is 2.25. The van der Waals surface area contributed by atoms with Gasteiger partial charge in [-0.15, -0.1) is 0 Å². The zero-order valence-corrected chi connectivity index (χ0v) is 6.90. The average molecular weight is 163 g/mol. The van der Waals surface area contributed by atoms with Gasteiger partial charge in [0.1, 0.15) is 5.82 Å². The van der Waals surface area contributed by atoms with Gasteiger partial charge >= 0.3 is 0 Å². The van der Waals surface area contributed by atoms with Crippen molar-refractivity contribution in [1.29, 1.82) is 0 Å². The minimum Gasteiger partial charge on any atom is -0.383 e. The molecule has 3 heteroatoms. The van der Waals surface area contributed by atoms with Crippen molar-refractivity contribution in [2.75, 3.05) is 5.73 Å². The third kappa shape index (κ3) is 1.28. The molecule has 1 aliphatic rings. The van der Waals surface area contributed by atoms with Crippen LogP contribution in [0.3, 0.4) is 0 Å². The van der Waals surface area contributed by atoms with E-state index in [4.69, 9.17) is 11.5 Å². The smallest absolute Gasteiger partial charge is 0.128 e. The number of hydrogen-bond acceptors (Lipinski definition) is 3. The highest BCUT2D eigenvalue weighted by molar-refractivity contribution is 5.41. The zero-order valence-electron chi connectivity index (χ0n) is 6.90. The second-order valence-electron chi connectivity index (χ2n) is 3.34. The molecule has 0 amide bonds. The lowest BCUT2D eigenvalue weighted by Crippen LogP contribution is -2.14. The Hall–Kier alpha value is -1.09. The van der Waals surface area contributed by atoms with Gasteiger partial charge in [-0.2, -0.15) is 0 Å². The Kier molecular flexibility index (Phi) is 1.73. The SMILES string of the molecule is Nc1ncccc1[C@H](N)C1CC1. The molecule has 1 aromatic heterocycles. The molecule has 0 spiro atoms. The molecule has 1 atom stereocenters. The molecule has 12 heavy (non-hydrogen) atoms. The number of aromatic nitrogens is 1. The first kappa shape index (κ1) is 7.55. The van der Waals surface area contributed by atoms with Crippen molar-refractivity contribution in [2.45, 2.75) is 18.9 Å². The molecule has 0 bridgehead atoms. The largest absolute Gasteiger partial charge is 0.383 e. The van der Waals surface area contributed by atoms with Crippen molar-refractivity contribution >= 4 is 5.82 Å². The molecule has 0 aromatic carbocycles. The summed E-state index contributed by atoms with van der Waals surface area (Å²) in [6, 6.07) is 3.94. The van der Waals surface area contributed by atoms with E-state index in [1.54, 1.807) is 6.20 Å². The van der Waals surface area contributed by atoms with E-state index in [1.807, 2.05) is 12.1 Å². The van der Waals surface area contributed by atoms with Crippen LogP contribution in [0.15, 0.2) is 18.3 Å². The lowest BCUT2D eigenvalue weighted by Gasteiger charge is -2.11. The van der Waals surface area contributed by atoms with Crippen LogP contribution in [0.25, 0.3) is 0 Å². The lowest BCUT2D eigenvalue weighted by atomic mass is 10.0. The van der Waals surface area contributed by atoms with Gasteiger partial charge in [-0.1, -0.05) is 6.07 Å². The molecule has 1 fully saturated rings. The summed E-state index contributed by atoms with van der Waals surface area (Å²) in [4.78, 5) is 4.01. The molecule has 0 aliphatic heterocycles. The molecule has 2 rings (SSSR count). The van der Waals surface area contributed by atoms with E-state index in [-0.39, 0.29) is 6.04 Å². The Morgan fingerprint density at radius 1 is 1.50 bits per heavy atom.